The standard InChI is InChI=1S/C23H22BrFN2O/c24-20-6-1-18(2-7-20)5-10-22(28)27-13-11-23(12-14-27)16-26(17-23)15-19-3-8-21(25)9-4-19/h1-4,6-9H,11-17H2. The zero-order valence-electron chi connectivity index (χ0n) is 15.6. The smallest absolute Gasteiger partial charge is 0.298 e. The lowest BCUT2D eigenvalue weighted by Gasteiger charge is -2.54. The number of piperidine rings is 1. The Kier molecular flexibility index (Phi) is 5.52. The van der Waals surface area contributed by atoms with E-state index in [-0.39, 0.29) is 11.7 Å². The number of likely N-dealkylation sites (tertiary alicyclic amines) is 2. The predicted octanol–water partition coefficient (Wildman–Crippen LogP) is 4.06. The monoisotopic (exact) mass is 440 g/mol. The number of benzene rings is 2. The van der Waals surface area contributed by atoms with Crippen LogP contribution in [0.2, 0.25) is 0 Å². The molecular formula is C23H22BrFN2O. The van der Waals surface area contributed by atoms with Gasteiger partial charge in [-0.25, -0.2) is 4.39 Å². The lowest BCUT2D eigenvalue weighted by atomic mass is 9.72. The molecule has 2 fully saturated rings. The van der Waals surface area contributed by atoms with Crippen LogP contribution in [-0.2, 0) is 11.3 Å². The molecule has 0 aliphatic carbocycles. The maximum atomic E-state index is 13.0. The normalized spacial score (nSPS) is 18.3. The first kappa shape index (κ1) is 19.2. The van der Waals surface area contributed by atoms with Gasteiger partial charge in [0.15, 0.2) is 0 Å². The summed E-state index contributed by atoms with van der Waals surface area (Å²) in [6, 6.07) is 14.4. The molecule has 144 valence electrons. The molecule has 5 heteroatoms. The first-order chi connectivity index (χ1) is 13.5. The Labute approximate surface area is 173 Å². The zero-order chi connectivity index (χ0) is 19.6. The van der Waals surface area contributed by atoms with Crippen molar-refractivity contribution in [3.63, 3.8) is 0 Å². The van der Waals surface area contributed by atoms with Crippen molar-refractivity contribution >= 4 is 21.8 Å². The fourth-order valence-electron chi connectivity index (χ4n) is 4.10. The average Bonchev–Trinajstić information content (AvgIpc) is 2.68. The third-order valence-corrected chi connectivity index (χ3v) is 6.24. The first-order valence-electron chi connectivity index (χ1n) is 9.55. The van der Waals surface area contributed by atoms with E-state index in [0.29, 0.717) is 5.41 Å². The van der Waals surface area contributed by atoms with Crippen LogP contribution in [0.4, 0.5) is 4.39 Å². The molecule has 2 saturated heterocycles. The van der Waals surface area contributed by atoms with Gasteiger partial charge in [-0.15, -0.1) is 0 Å². The van der Waals surface area contributed by atoms with E-state index in [4.69, 9.17) is 0 Å². The van der Waals surface area contributed by atoms with E-state index >= 15 is 0 Å². The van der Waals surface area contributed by atoms with Gasteiger partial charge in [-0.2, -0.15) is 0 Å². The minimum atomic E-state index is -0.191. The van der Waals surface area contributed by atoms with Gasteiger partial charge in [-0.1, -0.05) is 34.0 Å². The van der Waals surface area contributed by atoms with Crippen molar-refractivity contribution in [1.82, 2.24) is 9.80 Å². The summed E-state index contributed by atoms with van der Waals surface area (Å²) < 4.78 is 14.0. The Morgan fingerprint density at radius 2 is 1.68 bits per heavy atom. The summed E-state index contributed by atoms with van der Waals surface area (Å²) in [7, 11) is 0. The van der Waals surface area contributed by atoms with Crippen LogP contribution in [0.25, 0.3) is 0 Å². The van der Waals surface area contributed by atoms with Crippen molar-refractivity contribution in [2.45, 2.75) is 19.4 Å². The Morgan fingerprint density at radius 1 is 1.04 bits per heavy atom. The average molecular weight is 441 g/mol. The molecule has 2 aliphatic heterocycles. The molecule has 28 heavy (non-hydrogen) atoms. The summed E-state index contributed by atoms with van der Waals surface area (Å²) in [6.07, 6.45) is 2.05. The summed E-state index contributed by atoms with van der Waals surface area (Å²) in [5.41, 5.74) is 2.32. The molecule has 2 heterocycles. The van der Waals surface area contributed by atoms with E-state index in [2.05, 4.69) is 32.7 Å². The largest absolute Gasteiger partial charge is 0.332 e. The zero-order valence-corrected chi connectivity index (χ0v) is 17.2. The molecule has 0 atom stereocenters. The quantitative estimate of drug-likeness (QED) is 0.657. The number of amides is 1. The highest BCUT2D eigenvalue weighted by Gasteiger charge is 2.44. The molecule has 0 unspecified atom stereocenters. The first-order valence-corrected chi connectivity index (χ1v) is 10.3. The molecule has 3 nitrogen and oxygen atoms in total. The van der Waals surface area contributed by atoms with Gasteiger partial charge < -0.3 is 4.90 Å². The van der Waals surface area contributed by atoms with Crippen LogP contribution in [-0.4, -0.2) is 41.9 Å². The molecule has 0 radical (unpaired) electrons. The Bertz CT molecular complexity index is 898. The van der Waals surface area contributed by atoms with Crippen LogP contribution in [0.1, 0.15) is 24.0 Å². The number of carbonyl (C=O) groups is 1. The molecule has 0 bridgehead atoms. The van der Waals surface area contributed by atoms with Crippen molar-refractivity contribution < 1.29 is 9.18 Å². The van der Waals surface area contributed by atoms with E-state index < -0.39 is 0 Å². The van der Waals surface area contributed by atoms with Crippen LogP contribution in [0.5, 0.6) is 0 Å². The number of hydrogen-bond acceptors (Lipinski definition) is 2. The van der Waals surface area contributed by atoms with Crippen LogP contribution in [0.3, 0.4) is 0 Å². The van der Waals surface area contributed by atoms with Crippen LogP contribution < -0.4 is 0 Å². The molecule has 2 aromatic rings. The number of hydrogen-bond donors (Lipinski definition) is 0. The number of nitrogens with zero attached hydrogens (tertiary/aromatic N) is 2. The topological polar surface area (TPSA) is 23.6 Å². The maximum Gasteiger partial charge on any atom is 0.298 e. The lowest BCUT2D eigenvalue weighted by Crippen LogP contribution is -2.60. The van der Waals surface area contributed by atoms with E-state index in [0.717, 1.165) is 61.2 Å². The minimum Gasteiger partial charge on any atom is -0.332 e. The third-order valence-electron chi connectivity index (χ3n) is 5.71. The molecule has 1 amide bonds. The van der Waals surface area contributed by atoms with Crippen molar-refractivity contribution in [2.24, 2.45) is 5.41 Å². The Balaban J connectivity index is 1.25. The van der Waals surface area contributed by atoms with Gasteiger partial charge in [-0.3, -0.25) is 9.69 Å². The summed E-state index contributed by atoms with van der Waals surface area (Å²) >= 11 is 3.39. The van der Waals surface area contributed by atoms with E-state index in [9.17, 15) is 9.18 Å². The van der Waals surface area contributed by atoms with Crippen molar-refractivity contribution in [2.75, 3.05) is 26.2 Å². The van der Waals surface area contributed by atoms with Crippen LogP contribution in [0, 0.1) is 23.1 Å². The maximum absolute atomic E-state index is 13.0. The molecular weight excluding hydrogens is 419 g/mol. The SMILES string of the molecule is O=C(C#Cc1ccc(Br)cc1)N1CCC2(CC1)CN(Cc1ccc(F)cc1)C2. The van der Waals surface area contributed by atoms with Gasteiger partial charge in [0.05, 0.1) is 0 Å². The number of halogens is 2. The number of rotatable bonds is 2. The lowest BCUT2D eigenvalue weighted by molar-refractivity contribution is -0.130. The second-order valence-corrected chi connectivity index (χ2v) is 8.74. The minimum absolute atomic E-state index is 0.0831. The van der Waals surface area contributed by atoms with Gasteiger partial charge in [0.2, 0.25) is 0 Å². The van der Waals surface area contributed by atoms with E-state index in [1.54, 1.807) is 0 Å². The number of carbonyl (C=O) groups excluding carboxylic acids is 1. The fraction of sp³-hybridized carbons (Fsp3) is 0.348. The summed E-state index contributed by atoms with van der Waals surface area (Å²) in [4.78, 5) is 16.7. The summed E-state index contributed by atoms with van der Waals surface area (Å²) in [5.74, 6) is 5.46. The molecule has 0 N–H and O–H groups in total. The van der Waals surface area contributed by atoms with Gasteiger partial charge in [0.25, 0.3) is 5.91 Å². The highest BCUT2D eigenvalue weighted by atomic mass is 79.9. The Morgan fingerprint density at radius 3 is 2.32 bits per heavy atom. The fourth-order valence-corrected chi connectivity index (χ4v) is 4.36. The van der Waals surface area contributed by atoms with Crippen molar-refractivity contribution in [1.29, 1.82) is 0 Å². The van der Waals surface area contributed by atoms with Crippen molar-refractivity contribution in [3.8, 4) is 11.8 Å². The summed E-state index contributed by atoms with van der Waals surface area (Å²) in [5, 5.41) is 0. The van der Waals surface area contributed by atoms with E-state index in [1.807, 2.05) is 41.3 Å². The van der Waals surface area contributed by atoms with Gasteiger partial charge in [-0.05, 0) is 60.2 Å². The van der Waals surface area contributed by atoms with E-state index in [1.165, 1.54) is 12.1 Å². The molecule has 4 rings (SSSR count). The molecule has 0 saturated carbocycles. The second-order valence-electron chi connectivity index (χ2n) is 7.82. The van der Waals surface area contributed by atoms with Gasteiger partial charge >= 0.3 is 0 Å². The highest BCUT2D eigenvalue weighted by molar-refractivity contribution is 9.10. The molecule has 1 spiro atoms. The molecule has 2 aromatic carbocycles. The predicted molar refractivity (Wildman–Crippen MR) is 111 cm³/mol. The molecule has 2 aliphatic rings. The van der Waals surface area contributed by atoms with Crippen LogP contribution >= 0.6 is 15.9 Å². The Hall–Kier alpha value is -2.16. The van der Waals surface area contributed by atoms with Gasteiger partial charge in [0.1, 0.15) is 5.82 Å². The highest BCUT2D eigenvalue weighted by Crippen LogP contribution is 2.41. The second kappa shape index (κ2) is 8.06. The van der Waals surface area contributed by atoms with Crippen LogP contribution in [0.15, 0.2) is 53.0 Å². The molecule has 0 aromatic heterocycles. The van der Waals surface area contributed by atoms with Gasteiger partial charge in [0, 0.05) is 48.7 Å². The van der Waals surface area contributed by atoms with Crippen molar-refractivity contribution in [3.05, 3.63) is 69.9 Å². The summed E-state index contributed by atoms with van der Waals surface area (Å²) in [6.45, 7) is 4.52. The third kappa shape index (κ3) is 4.45.